The van der Waals surface area contributed by atoms with Crippen molar-refractivity contribution in [3.63, 3.8) is 0 Å². The van der Waals surface area contributed by atoms with E-state index in [4.69, 9.17) is 9.47 Å². The summed E-state index contributed by atoms with van der Waals surface area (Å²) in [7, 11) is 3.21. The summed E-state index contributed by atoms with van der Waals surface area (Å²) in [6.07, 6.45) is 5.08. The van der Waals surface area contributed by atoms with Gasteiger partial charge in [0.2, 0.25) is 0 Å². The Labute approximate surface area is 205 Å². The molecule has 0 saturated carbocycles. The third-order valence-electron chi connectivity index (χ3n) is 5.32. The number of thiazole rings is 1. The van der Waals surface area contributed by atoms with E-state index in [-0.39, 0.29) is 5.91 Å². The van der Waals surface area contributed by atoms with Crippen molar-refractivity contribution in [2.45, 2.75) is 0 Å². The molecule has 174 valence electrons. The number of nitrogens with one attached hydrogen (secondary N) is 1. The molecule has 0 saturated heterocycles. The van der Waals surface area contributed by atoms with Crippen molar-refractivity contribution in [1.29, 1.82) is 0 Å². The van der Waals surface area contributed by atoms with Crippen molar-refractivity contribution >= 4 is 22.4 Å². The van der Waals surface area contributed by atoms with E-state index in [9.17, 15) is 4.79 Å². The first-order valence-corrected chi connectivity index (χ1v) is 11.6. The Bertz CT molecular complexity index is 1470. The van der Waals surface area contributed by atoms with Gasteiger partial charge in [0, 0.05) is 35.1 Å². The number of amides is 1. The molecule has 0 aliphatic heterocycles. The topological polar surface area (TPSA) is 91.2 Å². The molecular weight excluding hydrogens is 462 g/mol. The zero-order valence-electron chi connectivity index (χ0n) is 19.0. The molecule has 3 aromatic heterocycles. The molecule has 1 amide bonds. The fourth-order valence-electron chi connectivity index (χ4n) is 3.60. The van der Waals surface area contributed by atoms with Crippen LogP contribution in [0.1, 0.15) is 10.4 Å². The molecule has 0 bridgehead atoms. The number of carbonyl (C=O) groups is 1. The van der Waals surface area contributed by atoms with E-state index in [0.29, 0.717) is 33.6 Å². The van der Waals surface area contributed by atoms with Crippen LogP contribution in [0.3, 0.4) is 0 Å². The molecule has 0 aliphatic carbocycles. The quantitative estimate of drug-likeness (QED) is 0.337. The zero-order valence-corrected chi connectivity index (χ0v) is 19.8. The monoisotopic (exact) mass is 483 g/mol. The first kappa shape index (κ1) is 22.3. The van der Waals surface area contributed by atoms with Crippen molar-refractivity contribution < 1.29 is 14.3 Å². The number of aromatic nitrogens is 4. The van der Waals surface area contributed by atoms with Gasteiger partial charge in [-0.25, -0.2) is 9.67 Å². The van der Waals surface area contributed by atoms with E-state index in [2.05, 4.69) is 20.4 Å². The van der Waals surface area contributed by atoms with E-state index in [1.54, 1.807) is 37.5 Å². The van der Waals surface area contributed by atoms with Gasteiger partial charge in [-0.3, -0.25) is 15.1 Å². The van der Waals surface area contributed by atoms with Gasteiger partial charge in [-0.15, -0.1) is 11.3 Å². The molecule has 9 heteroatoms. The highest BCUT2D eigenvalue weighted by Crippen LogP contribution is 2.35. The summed E-state index contributed by atoms with van der Waals surface area (Å²) in [5.41, 5.74) is 3.99. The van der Waals surface area contributed by atoms with Gasteiger partial charge >= 0.3 is 0 Å². The molecule has 0 spiro atoms. The van der Waals surface area contributed by atoms with Gasteiger partial charge in [-0.05, 0) is 42.5 Å². The second kappa shape index (κ2) is 9.78. The fraction of sp³-hybridized carbons (Fsp3) is 0.0769. The number of para-hydroxylation sites is 1. The van der Waals surface area contributed by atoms with Gasteiger partial charge in [0.15, 0.2) is 5.13 Å². The maximum atomic E-state index is 13.4. The summed E-state index contributed by atoms with van der Waals surface area (Å²) in [6.45, 7) is 0. The molecule has 0 fully saturated rings. The lowest BCUT2D eigenvalue weighted by molar-refractivity contribution is 0.102. The molecule has 3 heterocycles. The molecule has 5 aromatic rings. The molecule has 0 atom stereocenters. The van der Waals surface area contributed by atoms with Crippen LogP contribution in [0.2, 0.25) is 0 Å². The minimum absolute atomic E-state index is 0.315. The zero-order chi connectivity index (χ0) is 24.2. The molecule has 0 radical (unpaired) electrons. The normalized spacial score (nSPS) is 10.7. The molecule has 8 nitrogen and oxygen atoms in total. The summed E-state index contributed by atoms with van der Waals surface area (Å²) >= 11 is 1.33. The first-order chi connectivity index (χ1) is 17.2. The summed E-state index contributed by atoms with van der Waals surface area (Å²) < 4.78 is 12.5. The SMILES string of the molecule is COc1ccc(OC)c(-c2csc(NC(=O)c3cn(-c4ccccc4)nc3-c3cccnc3)n2)c1. The molecule has 1 N–H and O–H groups in total. The second-order valence-corrected chi connectivity index (χ2v) is 8.33. The number of rotatable bonds is 7. The van der Waals surface area contributed by atoms with Crippen LogP contribution in [0.25, 0.3) is 28.2 Å². The fourth-order valence-corrected chi connectivity index (χ4v) is 4.31. The Morgan fingerprint density at radius 2 is 1.89 bits per heavy atom. The van der Waals surface area contributed by atoms with Gasteiger partial charge in [0.25, 0.3) is 5.91 Å². The van der Waals surface area contributed by atoms with E-state index in [1.165, 1.54) is 11.3 Å². The maximum Gasteiger partial charge on any atom is 0.261 e. The van der Waals surface area contributed by atoms with E-state index < -0.39 is 0 Å². The highest BCUT2D eigenvalue weighted by molar-refractivity contribution is 7.14. The number of pyridine rings is 1. The van der Waals surface area contributed by atoms with Gasteiger partial charge in [0.1, 0.15) is 17.2 Å². The predicted molar refractivity (Wildman–Crippen MR) is 135 cm³/mol. The highest BCUT2D eigenvalue weighted by Gasteiger charge is 2.20. The Kier molecular flexibility index (Phi) is 6.23. The lowest BCUT2D eigenvalue weighted by Crippen LogP contribution is -2.12. The van der Waals surface area contributed by atoms with Crippen LogP contribution in [0.15, 0.2) is 84.6 Å². The number of anilines is 1. The summed E-state index contributed by atoms with van der Waals surface area (Å²) in [4.78, 5) is 22.1. The van der Waals surface area contributed by atoms with E-state index in [1.807, 2.05) is 66.0 Å². The molecule has 2 aromatic carbocycles. The smallest absolute Gasteiger partial charge is 0.261 e. The second-order valence-electron chi connectivity index (χ2n) is 7.47. The van der Waals surface area contributed by atoms with Crippen LogP contribution in [-0.2, 0) is 0 Å². The number of ether oxygens (including phenoxy) is 2. The largest absolute Gasteiger partial charge is 0.497 e. The predicted octanol–water partition coefficient (Wildman–Crippen LogP) is 5.33. The van der Waals surface area contributed by atoms with Gasteiger partial charge in [-0.2, -0.15) is 5.10 Å². The number of hydrogen-bond acceptors (Lipinski definition) is 7. The Morgan fingerprint density at radius 3 is 2.63 bits per heavy atom. The van der Waals surface area contributed by atoms with Gasteiger partial charge < -0.3 is 9.47 Å². The van der Waals surface area contributed by atoms with Gasteiger partial charge in [0.05, 0.1) is 31.2 Å². The van der Waals surface area contributed by atoms with Crippen LogP contribution in [0.5, 0.6) is 11.5 Å². The lowest BCUT2D eigenvalue weighted by Gasteiger charge is -2.08. The molecule has 35 heavy (non-hydrogen) atoms. The van der Waals surface area contributed by atoms with E-state index in [0.717, 1.165) is 16.8 Å². The van der Waals surface area contributed by atoms with Crippen LogP contribution in [0.4, 0.5) is 5.13 Å². The summed E-state index contributed by atoms with van der Waals surface area (Å²) in [5, 5.41) is 9.91. The average Bonchev–Trinajstić information content (AvgIpc) is 3.57. The summed E-state index contributed by atoms with van der Waals surface area (Å²) in [5.74, 6) is 1.04. The minimum Gasteiger partial charge on any atom is -0.497 e. The highest BCUT2D eigenvalue weighted by atomic mass is 32.1. The molecule has 0 aliphatic rings. The van der Waals surface area contributed by atoms with Crippen molar-refractivity contribution in [2.24, 2.45) is 0 Å². The number of benzene rings is 2. The molecular formula is C26H21N5O3S. The van der Waals surface area contributed by atoms with E-state index >= 15 is 0 Å². The number of nitrogens with zero attached hydrogens (tertiary/aromatic N) is 4. The standard InChI is InChI=1S/C26H21N5O3S/c1-33-19-10-11-23(34-2)20(13-19)22-16-35-26(28-22)29-25(32)21-15-31(18-8-4-3-5-9-18)30-24(21)17-7-6-12-27-14-17/h3-16H,1-2H3,(H,28,29,32). The molecule has 5 rings (SSSR count). The molecule has 0 unspecified atom stereocenters. The third kappa shape index (κ3) is 4.62. The Morgan fingerprint density at radius 1 is 1.03 bits per heavy atom. The summed E-state index contributed by atoms with van der Waals surface area (Å²) in [6, 6.07) is 18.8. The van der Waals surface area contributed by atoms with Crippen LogP contribution in [0, 0.1) is 0 Å². The number of methoxy groups -OCH3 is 2. The number of carbonyl (C=O) groups excluding carboxylic acids is 1. The van der Waals surface area contributed by atoms with Crippen LogP contribution >= 0.6 is 11.3 Å². The van der Waals surface area contributed by atoms with Gasteiger partial charge in [-0.1, -0.05) is 18.2 Å². The van der Waals surface area contributed by atoms with Crippen LogP contribution < -0.4 is 14.8 Å². The number of hydrogen-bond donors (Lipinski definition) is 1. The van der Waals surface area contributed by atoms with Crippen molar-refractivity contribution in [3.05, 3.63) is 90.2 Å². The van der Waals surface area contributed by atoms with Crippen molar-refractivity contribution in [1.82, 2.24) is 19.7 Å². The third-order valence-corrected chi connectivity index (χ3v) is 6.08. The van der Waals surface area contributed by atoms with Crippen LogP contribution in [-0.4, -0.2) is 39.9 Å². The Hall–Kier alpha value is -4.50. The van der Waals surface area contributed by atoms with Crippen molar-refractivity contribution in [2.75, 3.05) is 19.5 Å². The minimum atomic E-state index is -0.315. The van der Waals surface area contributed by atoms with Crippen molar-refractivity contribution in [3.8, 4) is 39.7 Å². The lowest BCUT2D eigenvalue weighted by atomic mass is 10.1. The first-order valence-electron chi connectivity index (χ1n) is 10.7. The average molecular weight is 484 g/mol. The maximum absolute atomic E-state index is 13.4. The Balaban J connectivity index is 1.47.